The number of ether oxygens (including phenoxy) is 2. The maximum absolute atomic E-state index is 12.0. The number of nitrogens with zero attached hydrogens (tertiary/aromatic N) is 1. The number of carbonyl (C=O) groups excluding carboxylic acids is 1. The van der Waals surface area contributed by atoms with Gasteiger partial charge < -0.3 is 9.47 Å². The lowest BCUT2D eigenvalue weighted by Gasteiger charge is -2.29. The molecule has 1 aliphatic rings. The van der Waals surface area contributed by atoms with E-state index in [2.05, 4.69) is 0 Å². The lowest BCUT2D eigenvalue weighted by Crippen LogP contribution is -2.35. The van der Waals surface area contributed by atoms with Crippen molar-refractivity contribution < 1.29 is 19.1 Å². The molecule has 122 valence electrons. The van der Waals surface area contributed by atoms with Crippen molar-refractivity contribution in [1.29, 1.82) is 0 Å². The summed E-state index contributed by atoms with van der Waals surface area (Å²) in [6, 6.07) is 7.89. The topological polar surface area (TPSA) is 48.0 Å². The second-order valence-corrected chi connectivity index (χ2v) is 5.61. The van der Waals surface area contributed by atoms with Crippen LogP contribution in [0.5, 0.6) is 5.75 Å². The molecule has 1 aromatic carbocycles. The van der Waals surface area contributed by atoms with E-state index in [-0.39, 0.29) is 17.9 Å². The molecule has 0 aromatic heterocycles. The molecule has 0 spiro atoms. The third kappa shape index (κ3) is 4.21. The van der Waals surface area contributed by atoms with Crippen LogP contribution in [0.25, 0.3) is 0 Å². The fourth-order valence-electron chi connectivity index (χ4n) is 2.85. The fraction of sp³-hybridized carbons (Fsp3) is 0.588. The predicted molar refractivity (Wildman–Crippen MR) is 83.3 cm³/mol. The first kappa shape index (κ1) is 16.8. The molecule has 0 radical (unpaired) electrons. The van der Waals surface area contributed by atoms with Crippen LogP contribution in [0.1, 0.15) is 31.2 Å². The standard InChI is InChI=1S/C17H25NO4/c1-18(21-3)17(19)13-8-10-15(11-9-13)22-12-14-6-4-5-7-16(14)20-2/h4-7,13,15H,8-12H2,1-3H3. The highest BCUT2D eigenvalue weighted by atomic mass is 16.7. The molecule has 1 aliphatic carbocycles. The van der Waals surface area contributed by atoms with Gasteiger partial charge in [-0.2, -0.15) is 0 Å². The van der Waals surface area contributed by atoms with Gasteiger partial charge in [0.05, 0.1) is 26.9 Å². The summed E-state index contributed by atoms with van der Waals surface area (Å²) in [6.07, 6.45) is 3.72. The van der Waals surface area contributed by atoms with E-state index in [0.717, 1.165) is 37.0 Å². The molecule has 0 aliphatic heterocycles. The fourth-order valence-corrected chi connectivity index (χ4v) is 2.85. The van der Waals surface area contributed by atoms with E-state index in [0.29, 0.717) is 6.61 Å². The number of carbonyl (C=O) groups is 1. The van der Waals surface area contributed by atoms with Crippen LogP contribution in [-0.4, -0.2) is 38.3 Å². The zero-order chi connectivity index (χ0) is 15.9. The molecular formula is C17H25NO4. The molecule has 0 unspecified atom stereocenters. The first-order valence-corrected chi connectivity index (χ1v) is 7.71. The minimum atomic E-state index is 0.0519. The quantitative estimate of drug-likeness (QED) is 0.758. The van der Waals surface area contributed by atoms with Gasteiger partial charge in [0.25, 0.3) is 0 Å². The summed E-state index contributed by atoms with van der Waals surface area (Å²) in [7, 11) is 4.84. The lowest BCUT2D eigenvalue weighted by atomic mass is 9.86. The predicted octanol–water partition coefficient (Wildman–Crippen LogP) is 2.79. The summed E-state index contributed by atoms with van der Waals surface area (Å²) < 4.78 is 11.3. The van der Waals surface area contributed by atoms with Crippen molar-refractivity contribution in [2.75, 3.05) is 21.3 Å². The van der Waals surface area contributed by atoms with Gasteiger partial charge in [0.1, 0.15) is 5.75 Å². The minimum Gasteiger partial charge on any atom is -0.496 e. The largest absolute Gasteiger partial charge is 0.496 e. The Bertz CT molecular complexity index is 483. The molecule has 5 heteroatoms. The van der Waals surface area contributed by atoms with Crippen LogP contribution in [0.4, 0.5) is 0 Å². The number of hydroxylamine groups is 2. The summed E-state index contributed by atoms with van der Waals surface area (Å²) in [6.45, 7) is 0.547. The first-order valence-electron chi connectivity index (χ1n) is 7.71. The molecule has 0 heterocycles. The number of rotatable bonds is 6. The molecule has 0 atom stereocenters. The molecule has 0 N–H and O–H groups in total. The van der Waals surface area contributed by atoms with Gasteiger partial charge in [0, 0.05) is 18.5 Å². The van der Waals surface area contributed by atoms with Gasteiger partial charge in [0.2, 0.25) is 5.91 Å². The molecule has 5 nitrogen and oxygen atoms in total. The van der Waals surface area contributed by atoms with Gasteiger partial charge in [-0.1, -0.05) is 18.2 Å². The van der Waals surface area contributed by atoms with Crippen LogP contribution >= 0.6 is 0 Å². The summed E-state index contributed by atoms with van der Waals surface area (Å²) in [4.78, 5) is 17.0. The summed E-state index contributed by atoms with van der Waals surface area (Å²) in [5.41, 5.74) is 1.06. The van der Waals surface area contributed by atoms with Crippen molar-refractivity contribution in [2.24, 2.45) is 5.92 Å². The highest BCUT2D eigenvalue weighted by Gasteiger charge is 2.28. The van der Waals surface area contributed by atoms with Crippen molar-refractivity contribution >= 4 is 5.91 Å². The van der Waals surface area contributed by atoms with Gasteiger partial charge >= 0.3 is 0 Å². The van der Waals surface area contributed by atoms with Crippen molar-refractivity contribution in [1.82, 2.24) is 5.06 Å². The number of hydrogen-bond donors (Lipinski definition) is 0. The zero-order valence-electron chi connectivity index (χ0n) is 13.6. The Kier molecular flexibility index (Phi) is 6.21. The maximum atomic E-state index is 12.0. The van der Waals surface area contributed by atoms with E-state index < -0.39 is 0 Å². The molecule has 22 heavy (non-hydrogen) atoms. The Hall–Kier alpha value is -1.59. The molecular weight excluding hydrogens is 282 g/mol. The Labute approximate surface area is 132 Å². The summed E-state index contributed by atoms with van der Waals surface area (Å²) in [5.74, 6) is 0.967. The van der Waals surface area contributed by atoms with Crippen molar-refractivity contribution in [3.8, 4) is 5.75 Å². The molecule has 0 saturated heterocycles. The van der Waals surface area contributed by atoms with Gasteiger partial charge in [-0.05, 0) is 31.7 Å². The van der Waals surface area contributed by atoms with Crippen molar-refractivity contribution in [3.05, 3.63) is 29.8 Å². The van der Waals surface area contributed by atoms with Crippen LogP contribution in [0.15, 0.2) is 24.3 Å². The normalized spacial score (nSPS) is 21.4. The minimum absolute atomic E-state index is 0.0519. The van der Waals surface area contributed by atoms with Gasteiger partial charge in [-0.3, -0.25) is 9.63 Å². The van der Waals surface area contributed by atoms with E-state index in [1.54, 1.807) is 14.2 Å². The monoisotopic (exact) mass is 307 g/mol. The number of hydrogen-bond acceptors (Lipinski definition) is 4. The van der Waals surface area contributed by atoms with E-state index in [1.807, 2.05) is 24.3 Å². The Morgan fingerprint density at radius 1 is 1.18 bits per heavy atom. The number of amides is 1. The highest BCUT2D eigenvalue weighted by molar-refractivity contribution is 5.77. The number of para-hydroxylation sites is 1. The number of benzene rings is 1. The Balaban J connectivity index is 1.79. The average Bonchev–Trinajstić information content (AvgIpc) is 2.59. The van der Waals surface area contributed by atoms with E-state index in [4.69, 9.17) is 14.3 Å². The Morgan fingerprint density at radius 2 is 1.86 bits per heavy atom. The second-order valence-electron chi connectivity index (χ2n) is 5.61. The third-order valence-electron chi connectivity index (χ3n) is 4.27. The maximum Gasteiger partial charge on any atom is 0.248 e. The van der Waals surface area contributed by atoms with Crippen molar-refractivity contribution in [3.63, 3.8) is 0 Å². The summed E-state index contributed by atoms with van der Waals surface area (Å²) in [5, 5.41) is 1.32. The molecule has 1 fully saturated rings. The zero-order valence-corrected chi connectivity index (χ0v) is 13.6. The van der Waals surface area contributed by atoms with Crippen LogP contribution in [0.2, 0.25) is 0 Å². The molecule has 0 bridgehead atoms. The average molecular weight is 307 g/mol. The molecule has 2 rings (SSSR count). The smallest absolute Gasteiger partial charge is 0.248 e. The molecule has 1 saturated carbocycles. The number of methoxy groups -OCH3 is 1. The van der Waals surface area contributed by atoms with Gasteiger partial charge in [0.15, 0.2) is 0 Å². The highest BCUT2D eigenvalue weighted by Crippen LogP contribution is 2.29. The van der Waals surface area contributed by atoms with Crippen LogP contribution in [-0.2, 0) is 21.0 Å². The van der Waals surface area contributed by atoms with Crippen LogP contribution in [0.3, 0.4) is 0 Å². The van der Waals surface area contributed by atoms with E-state index in [1.165, 1.54) is 12.2 Å². The lowest BCUT2D eigenvalue weighted by molar-refractivity contribution is -0.175. The van der Waals surface area contributed by atoms with Crippen LogP contribution in [0, 0.1) is 5.92 Å². The van der Waals surface area contributed by atoms with Crippen LogP contribution < -0.4 is 4.74 Å². The van der Waals surface area contributed by atoms with Crippen molar-refractivity contribution in [2.45, 2.75) is 38.4 Å². The van der Waals surface area contributed by atoms with E-state index in [9.17, 15) is 4.79 Å². The summed E-state index contributed by atoms with van der Waals surface area (Å²) >= 11 is 0. The molecule has 1 aromatic rings. The van der Waals surface area contributed by atoms with Gasteiger partial charge in [-0.25, -0.2) is 5.06 Å². The van der Waals surface area contributed by atoms with E-state index >= 15 is 0 Å². The van der Waals surface area contributed by atoms with Gasteiger partial charge in [-0.15, -0.1) is 0 Å². The third-order valence-corrected chi connectivity index (χ3v) is 4.27. The Morgan fingerprint density at radius 3 is 2.50 bits per heavy atom. The first-order chi connectivity index (χ1) is 10.7. The SMILES string of the molecule is COc1ccccc1COC1CCC(C(=O)N(C)OC)CC1. The second kappa shape index (κ2) is 8.15. The molecule has 1 amide bonds.